The molecule has 0 aliphatic rings. The van der Waals surface area contributed by atoms with E-state index in [2.05, 4.69) is 32.9 Å². The fourth-order valence-electron chi connectivity index (χ4n) is 10.8. The summed E-state index contributed by atoms with van der Waals surface area (Å²) in [6, 6.07) is 0. The number of hydrogen-bond acceptors (Lipinski definition) is 6. The molecule has 6 nitrogen and oxygen atoms in total. The quantitative estimate of drug-likeness (QED) is 0.0261. The summed E-state index contributed by atoms with van der Waals surface area (Å²) in [6.07, 6.45) is 78.8. The van der Waals surface area contributed by atoms with Gasteiger partial charge in [0.25, 0.3) is 0 Å². The third-order valence-corrected chi connectivity index (χ3v) is 16.0. The number of allylic oxidation sites excluding steroid dienone is 2. The highest BCUT2D eigenvalue weighted by Crippen LogP contribution is 2.19. The van der Waals surface area contributed by atoms with Crippen molar-refractivity contribution in [2.45, 2.75) is 406 Å². The van der Waals surface area contributed by atoms with Gasteiger partial charge in [-0.1, -0.05) is 348 Å². The van der Waals surface area contributed by atoms with Crippen LogP contribution in [0.25, 0.3) is 0 Å². The van der Waals surface area contributed by atoms with Crippen molar-refractivity contribution < 1.29 is 28.6 Å². The van der Waals surface area contributed by atoms with Gasteiger partial charge in [-0.2, -0.15) is 0 Å². The van der Waals surface area contributed by atoms with Crippen molar-refractivity contribution in [3.63, 3.8) is 0 Å². The van der Waals surface area contributed by atoms with Crippen molar-refractivity contribution in [3.05, 3.63) is 12.2 Å². The van der Waals surface area contributed by atoms with E-state index >= 15 is 0 Å². The zero-order valence-corrected chi connectivity index (χ0v) is 51.8. The van der Waals surface area contributed by atoms with Gasteiger partial charge in [0, 0.05) is 19.3 Å². The second-order valence-corrected chi connectivity index (χ2v) is 23.8. The lowest BCUT2D eigenvalue weighted by molar-refractivity contribution is -0.167. The average molecular weight is 1070 g/mol. The number of esters is 3. The Morgan fingerprint density at radius 3 is 0.658 bits per heavy atom. The minimum absolute atomic E-state index is 0.0659. The summed E-state index contributed by atoms with van der Waals surface area (Å²) in [6.45, 7) is 6.63. The molecule has 0 fully saturated rings. The van der Waals surface area contributed by atoms with Gasteiger partial charge < -0.3 is 14.2 Å². The van der Waals surface area contributed by atoms with Crippen molar-refractivity contribution in [1.29, 1.82) is 0 Å². The molecule has 0 aliphatic carbocycles. The summed E-state index contributed by atoms with van der Waals surface area (Å²) in [5.74, 6) is -0.855. The number of carbonyl (C=O) groups is 3. The normalized spacial score (nSPS) is 12.0. The lowest BCUT2D eigenvalue weighted by Gasteiger charge is -2.18. The standard InChI is InChI=1S/C70H134O6/c1-4-7-10-13-15-17-19-21-23-25-27-29-30-31-32-33-34-35-36-37-38-39-41-42-44-46-48-50-52-54-57-60-63-69(72)75-66-67(65-74-68(71)62-59-56-12-9-6-3)76-70(73)64-61-58-55-53-51-49-47-45-43-40-28-26-24-22-20-18-16-14-11-8-5-2/h26,28,67H,4-25,27,29-66H2,1-3H3/b28-26-. The first-order chi connectivity index (χ1) is 37.5. The van der Waals surface area contributed by atoms with Gasteiger partial charge in [-0.3, -0.25) is 14.4 Å². The Balaban J connectivity index is 3.88. The van der Waals surface area contributed by atoms with Crippen molar-refractivity contribution >= 4 is 17.9 Å². The molecule has 0 N–H and O–H groups in total. The van der Waals surface area contributed by atoms with E-state index in [4.69, 9.17) is 14.2 Å². The number of ether oxygens (including phenoxy) is 3. The van der Waals surface area contributed by atoms with E-state index in [-0.39, 0.29) is 31.1 Å². The SMILES string of the molecule is CCCCCCCCCC/C=C\CCCCCCCCCCCC(=O)OC(COC(=O)CCCCCCC)COC(=O)CCCCCCCCCCCCCCCCCCCCCCCCCCCCCCCCCC. The van der Waals surface area contributed by atoms with Gasteiger partial charge in [-0.25, -0.2) is 0 Å². The second kappa shape index (κ2) is 65.7. The third kappa shape index (κ3) is 63.0. The number of rotatable bonds is 65. The van der Waals surface area contributed by atoms with Crippen LogP contribution in [-0.2, 0) is 28.6 Å². The predicted octanol–water partition coefficient (Wildman–Crippen LogP) is 23.6. The molecule has 0 aromatic heterocycles. The zero-order chi connectivity index (χ0) is 55.0. The number of unbranched alkanes of at least 4 members (excludes halogenated alkanes) is 52. The van der Waals surface area contributed by atoms with E-state index in [1.165, 1.54) is 295 Å². The van der Waals surface area contributed by atoms with E-state index in [1.807, 2.05) is 0 Å². The van der Waals surface area contributed by atoms with Crippen LogP contribution in [0.1, 0.15) is 400 Å². The Bertz CT molecular complexity index is 1180. The van der Waals surface area contributed by atoms with E-state index in [1.54, 1.807) is 0 Å². The molecule has 450 valence electrons. The monoisotopic (exact) mass is 1070 g/mol. The highest BCUT2D eigenvalue weighted by Gasteiger charge is 2.19. The molecule has 0 saturated heterocycles. The van der Waals surface area contributed by atoms with E-state index in [0.717, 1.165) is 64.2 Å². The Morgan fingerprint density at radius 2 is 0.434 bits per heavy atom. The van der Waals surface area contributed by atoms with E-state index in [0.29, 0.717) is 19.3 Å². The van der Waals surface area contributed by atoms with Crippen molar-refractivity contribution in [2.24, 2.45) is 0 Å². The molecular weight excluding hydrogens is 937 g/mol. The molecule has 0 spiro atoms. The van der Waals surface area contributed by atoms with Crippen LogP contribution in [0.4, 0.5) is 0 Å². The van der Waals surface area contributed by atoms with Crippen molar-refractivity contribution in [3.8, 4) is 0 Å². The molecule has 0 aliphatic heterocycles. The van der Waals surface area contributed by atoms with Crippen molar-refractivity contribution in [2.75, 3.05) is 13.2 Å². The van der Waals surface area contributed by atoms with Crippen LogP contribution in [0.2, 0.25) is 0 Å². The molecule has 0 radical (unpaired) electrons. The van der Waals surface area contributed by atoms with Gasteiger partial charge in [-0.05, 0) is 44.9 Å². The first-order valence-corrected chi connectivity index (χ1v) is 34.7. The number of hydrogen-bond donors (Lipinski definition) is 0. The minimum Gasteiger partial charge on any atom is -0.462 e. The van der Waals surface area contributed by atoms with Crippen LogP contribution in [-0.4, -0.2) is 37.2 Å². The first kappa shape index (κ1) is 74.2. The molecule has 1 unspecified atom stereocenters. The average Bonchev–Trinajstić information content (AvgIpc) is 3.42. The Labute approximate surface area is 475 Å². The fourth-order valence-corrected chi connectivity index (χ4v) is 10.8. The molecule has 0 heterocycles. The van der Waals surface area contributed by atoms with Gasteiger partial charge >= 0.3 is 17.9 Å². The van der Waals surface area contributed by atoms with Crippen LogP contribution in [0.3, 0.4) is 0 Å². The van der Waals surface area contributed by atoms with Crippen molar-refractivity contribution in [1.82, 2.24) is 0 Å². The van der Waals surface area contributed by atoms with Gasteiger partial charge in [0.15, 0.2) is 6.10 Å². The summed E-state index contributed by atoms with van der Waals surface area (Å²) in [4.78, 5) is 38.0. The van der Waals surface area contributed by atoms with Crippen LogP contribution in [0.15, 0.2) is 12.2 Å². The topological polar surface area (TPSA) is 78.9 Å². The summed E-state index contributed by atoms with van der Waals surface area (Å²) in [7, 11) is 0. The van der Waals surface area contributed by atoms with Crippen LogP contribution < -0.4 is 0 Å². The highest BCUT2D eigenvalue weighted by molar-refractivity contribution is 5.71. The molecule has 1 atom stereocenters. The van der Waals surface area contributed by atoms with E-state index in [9.17, 15) is 14.4 Å². The lowest BCUT2D eigenvalue weighted by atomic mass is 10.0. The van der Waals surface area contributed by atoms with Gasteiger partial charge in [0.05, 0.1) is 0 Å². The molecule has 0 bridgehead atoms. The number of carbonyl (C=O) groups excluding carboxylic acids is 3. The first-order valence-electron chi connectivity index (χ1n) is 34.7. The Hall–Kier alpha value is -1.85. The molecule has 0 saturated carbocycles. The van der Waals surface area contributed by atoms with Gasteiger partial charge in [-0.15, -0.1) is 0 Å². The molecule has 0 rings (SSSR count). The Morgan fingerprint density at radius 1 is 0.250 bits per heavy atom. The van der Waals surface area contributed by atoms with Gasteiger partial charge in [0.2, 0.25) is 0 Å². The van der Waals surface area contributed by atoms with Gasteiger partial charge in [0.1, 0.15) is 13.2 Å². The van der Waals surface area contributed by atoms with Crippen LogP contribution >= 0.6 is 0 Å². The molecule has 0 aromatic carbocycles. The van der Waals surface area contributed by atoms with E-state index < -0.39 is 6.10 Å². The highest BCUT2D eigenvalue weighted by atomic mass is 16.6. The summed E-state index contributed by atoms with van der Waals surface area (Å²) >= 11 is 0. The molecule has 6 heteroatoms. The summed E-state index contributed by atoms with van der Waals surface area (Å²) < 4.78 is 16.8. The molecular formula is C70H134O6. The molecule has 0 aromatic rings. The maximum atomic E-state index is 12.8. The summed E-state index contributed by atoms with van der Waals surface area (Å²) in [5, 5.41) is 0. The second-order valence-electron chi connectivity index (χ2n) is 23.8. The maximum Gasteiger partial charge on any atom is 0.306 e. The molecule has 76 heavy (non-hydrogen) atoms. The predicted molar refractivity (Wildman–Crippen MR) is 330 cm³/mol. The molecule has 0 amide bonds. The zero-order valence-electron chi connectivity index (χ0n) is 51.8. The van der Waals surface area contributed by atoms with Crippen LogP contribution in [0.5, 0.6) is 0 Å². The fraction of sp³-hybridized carbons (Fsp3) is 0.929. The maximum absolute atomic E-state index is 12.8. The third-order valence-electron chi connectivity index (χ3n) is 16.0. The summed E-state index contributed by atoms with van der Waals surface area (Å²) in [5.41, 5.74) is 0. The largest absolute Gasteiger partial charge is 0.462 e. The Kier molecular flexibility index (Phi) is 64.1. The lowest BCUT2D eigenvalue weighted by Crippen LogP contribution is -2.30. The minimum atomic E-state index is -0.765. The smallest absolute Gasteiger partial charge is 0.306 e. The van der Waals surface area contributed by atoms with Crippen LogP contribution in [0, 0.1) is 0 Å².